The van der Waals surface area contributed by atoms with Gasteiger partial charge in [0.15, 0.2) is 0 Å². The Morgan fingerprint density at radius 2 is 1.89 bits per heavy atom. The van der Waals surface area contributed by atoms with Crippen LogP contribution in [-0.2, 0) is 11.0 Å². The van der Waals surface area contributed by atoms with Crippen molar-refractivity contribution in [1.82, 2.24) is 5.32 Å². The van der Waals surface area contributed by atoms with Gasteiger partial charge in [0, 0.05) is 0 Å². The Morgan fingerprint density at radius 1 is 1.21 bits per heavy atom. The largest absolute Gasteiger partial charge is 0.419 e. The number of benzene rings is 1. The molecule has 0 bridgehead atoms. The quantitative estimate of drug-likeness (QED) is 0.638. The maximum Gasteiger partial charge on any atom is 0.419 e. The van der Waals surface area contributed by atoms with Crippen molar-refractivity contribution < 1.29 is 27.2 Å². The van der Waals surface area contributed by atoms with E-state index in [2.05, 4.69) is 0 Å². The van der Waals surface area contributed by atoms with Crippen LogP contribution in [0.2, 0.25) is 0 Å². The standard InChI is InChI=1S/C11H5F4NO2S/c12-7-3-5(1-2-6(7)11(13,14)15)4-8-9(17)16-10(18)19-8/h1-4H,(H,16,17,18). The molecule has 0 unspecified atom stereocenters. The molecule has 3 nitrogen and oxygen atoms in total. The predicted molar refractivity (Wildman–Crippen MR) is 60.5 cm³/mol. The summed E-state index contributed by atoms with van der Waals surface area (Å²) in [5.41, 5.74) is -1.31. The fourth-order valence-electron chi connectivity index (χ4n) is 1.42. The summed E-state index contributed by atoms with van der Waals surface area (Å²) in [6.07, 6.45) is -3.63. The van der Waals surface area contributed by atoms with Gasteiger partial charge in [-0.05, 0) is 35.5 Å². The molecule has 0 atom stereocenters. The van der Waals surface area contributed by atoms with Crippen LogP contribution in [0, 0.1) is 5.82 Å². The first-order valence-electron chi connectivity index (χ1n) is 4.89. The lowest BCUT2D eigenvalue weighted by Gasteiger charge is -2.08. The van der Waals surface area contributed by atoms with Gasteiger partial charge in [0.25, 0.3) is 11.1 Å². The van der Waals surface area contributed by atoms with Gasteiger partial charge in [-0.3, -0.25) is 14.9 Å². The molecule has 0 aromatic heterocycles. The Hall–Kier alpha value is -1.83. The van der Waals surface area contributed by atoms with Gasteiger partial charge in [-0.15, -0.1) is 0 Å². The molecule has 0 radical (unpaired) electrons. The Bertz CT molecular complexity index is 595. The molecule has 0 saturated carbocycles. The lowest BCUT2D eigenvalue weighted by molar-refractivity contribution is -0.140. The van der Waals surface area contributed by atoms with Gasteiger partial charge in [-0.1, -0.05) is 6.07 Å². The number of hydrogen-bond donors (Lipinski definition) is 1. The Morgan fingerprint density at radius 3 is 2.37 bits per heavy atom. The van der Waals surface area contributed by atoms with Crippen LogP contribution in [0.3, 0.4) is 0 Å². The van der Waals surface area contributed by atoms with Gasteiger partial charge in [-0.2, -0.15) is 13.2 Å². The molecule has 19 heavy (non-hydrogen) atoms. The van der Waals surface area contributed by atoms with Crippen molar-refractivity contribution in [3.8, 4) is 0 Å². The fraction of sp³-hybridized carbons (Fsp3) is 0.0909. The minimum absolute atomic E-state index is 0.00385. The lowest BCUT2D eigenvalue weighted by atomic mass is 10.1. The molecule has 2 rings (SSSR count). The average Bonchev–Trinajstić information content (AvgIpc) is 2.55. The van der Waals surface area contributed by atoms with Gasteiger partial charge in [0.2, 0.25) is 0 Å². The topological polar surface area (TPSA) is 46.2 Å². The summed E-state index contributed by atoms with van der Waals surface area (Å²) in [4.78, 5) is 22.1. The van der Waals surface area contributed by atoms with Gasteiger partial charge in [-0.25, -0.2) is 4.39 Å². The molecule has 1 aromatic rings. The third-order valence-electron chi connectivity index (χ3n) is 2.24. The number of amides is 2. The van der Waals surface area contributed by atoms with Crippen molar-refractivity contribution in [2.45, 2.75) is 6.18 Å². The van der Waals surface area contributed by atoms with Crippen molar-refractivity contribution >= 4 is 29.0 Å². The van der Waals surface area contributed by atoms with E-state index in [4.69, 9.17) is 0 Å². The minimum atomic E-state index is -4.77. The van der Waals surface area contributed by atoms with Crippen LogP contribution < -0.4 is 5.32 Å². The molecule has 1 aliphatic heterocycles. The highest BCUT2D eigenvalue weighted by Crippen LogP contribution is 2.32. The van der Waals surface area contributed by atoms with E-state index in [9.17, 15) is 27.2 Å². The summed E-state index contributed by atoms with van der Waals surface area (Å²) in [6.45, 7) is 0. The van der Waals surface area contributed by atoms with Crippen molar-refractivity contribution in [1.29, 1.82) is 0 Å². The molecule has 0 spiro atoms. The van der Waals surface area contributed by atoms with Crippen LogP contribution in [0.5, 0.6) is 0 Å². The number of hydrogen-bond acceptors (Lipinski definition) is 3. The Kier molecular flexibility index (Phi) is 3.36. The molecule has 0 aliphatic carbocycles. The normalized spacial score (nSPS) is 18.0. The first-order chi connectivity index (χ1) is 8.77. The first kappa shape index (κ1) is 13.6. The summed E-state index contributed by atoms with van der Waals surface area (Å²) < 4.78 is 50.3. The van der Waals surface area contributed by atoms with Crippen LogP contribution in [0.25, 0.3) is 6.08 Å². The SMILES string of the molecule is O=C1NC(=O)C(=Cc2ccc(C(F)(F)F)c(F)c2)S1. The molecule has 8 heteroatoms. The summed E-state index contributed by atoms with van der Waals surface area (Å²) in [5, 5.41) is 1.40. The monoisotopic (exact) mass is 291 g/mol. The average molecular weight is 291 g/mol. The van der Waals surface area contributed by atoms with Crippen molar-refractivity contribution in [2.24, 2.45) is 0 Å². The molecule has 1 N–H and O–H groups in total. The van der Waals surface area contributed by atoms with Crippen molar-refractivity contribution in [3.05, 3.63) is 40.0 Å². The molecule has 1 heterocycles. The first-order valence-corrected chi connectivity index (χ1v) is 5.70. The molecule has 1 saturated heterocycles. The molecule has 2 amide bonds. The second-order valence-electron chi connectivity index (χ2n) is 3.59. The third-order valence-corrected chi connectivity index (χ3v) is 3.05. The van der Waals surface area contributed by atoms with E-state index in [1.54, 1.807) is 0 Å². The van der Waals surface area contributed by atoms with E-state index in [1.807, 2.05) is 5.32 Å². The summed E-state index contributed by atoms with van der Waals surface area (Å²) in [6, 6.07) is 2.27. The van der Waals surface area contributed by atoms with E-state index in [-0.39, 0.29) is 10.5 Å². The zero-order chi connectivity index (χ0) is 14.2. The van der Waals surface area contributed by atoms with Gasteiger partial charge in [0.05, 0.1) is 10.5 Å². The Labute approximate surface area is 108 Å². The van der Waals surface area contributed by atoms with E-state index < -0.39 is 28.7 Å². The maximum atomic E-state index is 13.3. The molecule has 1 aliphatic rings. The summed E-state index contributed by atoms with van der Waals surface area (Å²) in [7, 11) is 0. The maximum absolute atomic E-state index is 13.3. The van der Waals surface area contributed by atoms with Crippen LogP contribution in [0.15, 0.2) is 23.1 Å². The van der Waals surface area contributed by atoms with E-state index in [1.165, 1.54) is 0 Å². The number of carbonyl (C=O) groups excluding carboxylic acids is 2. The van der Waals surface area contributed by atoms with E-state index in [0.717, 1.165) is 12.1 Å². The second kappa shape index (κ2) is 4.69. The number of rotatable bonds is 1. The zero-order valence-electron chi connectivity index (χ0n) is 9.05. The molecule has 1 aromatic carbocycles. The second-order valence-corrected chi connectivity index (χ2v) is 4.60. The minimum Gasteiger partial charge on any atom is -0.282 e. The summed E-state index contributed by atoms with van der Waals surface area (Å²) in [5.74, 6) is -2.09. The van der Waals surface area contributed by atoms with Gasteiger partial charge < -0.3 is 0 Å². The highest BCUT2D eigenvalue weighted by molar-refractivity contribution is 8.18. The zero-order valence-corrected chi connectivity index (χ0v) is 9.86. The molecule has 1 fully saturated rings. The number of nitrogens with one attached hydrogen (secondary N) is 1. The smallest absolute Gasteiger partial charge is 0.282 e. The predicted octanol–water partition coefficient (Wildman–Crippen LogP) is 3.17. The van der Waals surface area contributed by atoms with Crippen molar-refractivity contribution in [3.63, 3.8) is 0 Å². The molecule has 100 valence electrons. The molecular formula is C11H5F4NO2S. The van der Waals surface area contributed by atoms with Gasteiger partial charge in [0.1, 0.15) is 5.82 Å². The lowest BCUT2D eigenvalue weighted by Crippen LogP contribution is -2.17. The fourth-order valence-corrected chi connectivity index (χ4v) is 2.11. The van der Waals surface area contributed by atoms with Crippen LogP contribution in [0.1, 0.15) is 11.1 Å². The number of carbonyl (C=O) groups is 2. The van der Waals surface area contributed by atoms with Crippen molar-refractivity contribution in [2.75, 3.05) is 0 Å². The number of alkyl halides is 3. The van der Waals surface area contributed by atoms with Gasteiger partial charge >= 0.3 is 6.18 Å². The number of thioether (sulfide) groups is 1. The van der Waals surface area contributed by atoms with Crippen LogP contribution >= 0.6 is 11.8 Å². The Balaban J connectivity index is 2.34. The van der Waals surface area contributed by atoms with Crippen LogP contribution in [0.4, 0.5) is 22.4 Å². The van der Waals surface area contributed by atoms with E-state index >= 15 is 0 Å². The number of imide groups is 1. The highest BCUT2D eigenvalue weighted by atomic mass is 32.2. The number of halogens is 4. The highest BCUT2D eigenvalue weighted by Gasteiger charge is 2.34. The summed E-state index contributed by atoms with van der Waals surface area (Å²) >= 11 is 0.601. The van der Waals surface area contributed by atoms with Crippen LogP contribution in [-0.4, -0.2) is 11.1 Å². The third kappa shape index (κ3) is 2.95. The van der Waals surface area contributed by atoms with E-state index in [0.29, 0.717) is 23.9 Å². The molecular weight excluding hydrogens is 286 g/mol.